The monoisotopic (exact) mass is 208 g/mol. The van der Waals surface area contributed by atoms with Gasteiger partial charge < -0.3 is 14.7 Å². The van der Waals surface area contributed by atoms with E-state index in [9.17, 15) is 13.7 Å². The van der Waals surface area contributed by atoms with Gasteiger partial charge in [0.1, 0.15) is 0 Å². The van der Waals surface area contributed by atoms with Gasteiger partial charge in [0.25, 0.3) is 8.15 Å². The Balaban J connectivity index is 4.31. The third-order valence-corrected chi connectivity index (χ3v) is 3.50. The second-order valence-electron chi connectivity index (χ2n) is 1.14. The van der Waals surface area contributed by atoms with Gasteiger partial charge in [0.15, 0.2) is 0 Å². The van der Waals surface area contributed by atoms with Crippen molar-refractivity contribution in [3.05, 3.63) is 0 Å². The second-order valence-corrected chi connectivity index (χ2v) is 5.93. The van der Waals surface area contributed by atoms with Crippen molar-refractivity contribution in [2.24, 2.45) is 0 Å². The zero-order valence-electron chi connectivity index (χ0n) is 4.32. The van der Waals surface area contributed by atoms with Crippen molar-refractivity contribution in [2.45, 2.75) is 0 Å². The van der Waals surface area contributed by atoms with E-state index in [1.54, 1.807) is 0 Å². The fourth-order valence-corrected chi connectivity index (χ4v) is 2.51. The highest BCUT2D eigenvalue weighted by Gasteiger charge is 2.31. The molecule has 0 saturated carbocycles. The van der Waals surface area contributed by atoms with Crippen molar-refractivity contribution in [2.75, 3.05) is 0 Å². The molecule has 1 atom stereocenters. The van der Waals surface area contributed by atoms with Crippen LogP contribution < -0.4 is 0 Å². The fraction of sp³-hybridized carbons (Fsp3) is 0. The van der Waals surface area contributed by atoms with Crippen LogP contribution in [0.5, 0.6) is 0 Å². The average molecular weight is 208 g/mol. The molecule has 0 aromatic carbocycles. The fourth-order valence-electron chi connectivity index (χ4n) is 0.153. The van der Waals surface area contributed by atoms with Crippen LogP contribution in [-0.4, -0.2) is 14.7 Å². The topological polar surface area (TPSA) is 121 Å². The Morgan fingerprint density at radius 3 is 1.70 bits per heavy atom. The van der Waals surface area contributed by atoms with Gasteiger partial charge >= 0.3 is 15.1 Å². The SMILES string of the molecule is O=PP(=O)(O)OP(=O)(O)O. The zero-order chi connectivity index (χ0) is 8.41. The minimum Gasteiger partial charge on any atom is -0.316 e. The first-order valence-electron chi connectivity index (χ1n) is 1.71. The maximum absolute atomic E-state index is 10.1. The highest BCUT2D eigenvalue weighted by Crippen LogP contribution is 2.64. The summed E-state index contributed by atoms with van der Waals surface area (Å²) in [6, 6.07) is 0. The van der Waals surface area contributed by atoms with Crippen molar-refractivity contribution in [3.8, 4) is 0 Å². The van der Waals surface area contributed by atoms with Crippen LogP contribution in [0.2, 0.25) is 0 Å². The van der Waals surface area contributed by atoms with Crippen LogP contribution in [0.3, 0.4) is 0 Å². The van der Waals surface area contributed by atoms with Crippen LogP contribution in [0.15, 0.2) is 0 Å². The predicted molar refractivity (Wildman–Crippen MR) is 30.6 cm³/mol. The molecule has 1 unspecified atom stereocenters. The van der Waals surface area contributed by atoms with Gasteiger partial charge in [0.05, 0.1) is 0 Å². The first-order chi connectivity index (χ1) is 4.27. The highest BCUT2D eigenvalue weighted by molar-refractivity contribution is 8.15. The van der Waals surface area contributed by atoms with Crippen molar-refractivity contribution in [1.29, 1.82) is 0 Å². The minimum absolute atomic E-state index is 1.35. The van der Waals surface area contributed by atoms with Gasteiger partial charge in [-0.05, 0) is 0 Å². The molecule has 3 N–H and O–H groups in total. The molecule has 0 fully saturated rings. The Kier molecular flexibility index (Phi) is 3.33. The predicted octanol–water partition coefficient (Wildman–Crippen LogP) is 0.488. The van der Waals surface area contributed by atoms with Crippen LogP contribution in [0.1, 0.15) is 0 Å². The average Bonchev–Trinajstić information content (AvgIpc) is 1.60. The summed E-state index contributed by atoms with van der Waals surface area (Å²) < 4.78 is 32.8. The van der Waals surface area contributed by atoms with E-state index in [0.717, 1.165) is 0 Å². The van der Waals surface area contributed by atoms with Gasteiger partial charge in [-0.25, -0.2) is 9.13 Å². The van der Waals surface area contributed by atoms with Crippen molar-refractivity contribution in [3.63, 3.8) is 0 Å². The first-order valence-corrected chi connectivity index (χ1v) is 6.34. The van der Waals surface area contributed by atoms with Crippen molar-refractivity contribution < 1.29 is 32.7 Å². The summed E-state index contributed by atoms with van der Waals surface area (Å²) in [5, 5.41) is 0. The first kappa shape index (κ1) is 10.4. The van der Waals surface area contributed by atoms with Crippen LogP contribution in [-0.2, 0) is 18.0 Å². The second kappa shape index (κ2) is 3.20. The van der Waals surface area contributed by atoms with Crippen LogP contribution in [0, 0.1) is 0 Å². The third-order valence-electron chi connectivity index (χ3n) is 0.316. The summed E-state index contributed by atoms with van der Waals surface area (Å²) in [6.45, 7) is 0. The summed E-state index contributed by atoms with van der Waals surface area (Å²) in [7, 11) is -11.0. The Morgan fingerprint density at radius 2 is 1.60 bits per heavy atom. The molecule has 0 aromatic heterocycles. The molecule has 0 rings (SSSR count). The quantitative estimate of drug-likeness (QED) is 0.576. The number of hydrogen-bond acceptors (Lipinski definition) is 4. The van der Waals surface area contributed by atoms with E-state index in [0.29, 0.717) is 0 Å². The van der Waals surface area contributed by atoms with E-state index in [1.165, 1.54) is 0 Å². The summed E-state index contributed by atoms with van der Waals surface area (Å²) in [5.41, 5.74) is 0. The van der Waals surface area contributed by atoms with Gasteiger partial charge in [-0.1, -0.05) is 0 Å². The van der Waals surface area contributed by atoms with E-state index >= 15 is 0 Å². The Bertz CT molecular complexity index is 209. The molecule has 0 spiro atoms. The van der Waals surface area contributed by atoms with E-state index in [4.69, 9.17) is 14.7 Å². The van der Waals surface area contributed by atoms with Crippen molar-refractivity contribution >= 4 is 23.3 Å². The third kappa shape index (κ3) is 5.21. The molecule has 0 heterocycles. The Labute approximate surface area is 56.9 Å². The summed E-state index contributed by atoms with van der Waals surface area (Å²) >= 11 is 0. The molecule has 0 amide bonds. The molecule has 0 bridgehead atoms. The molecular formula is H3O7P3. The molecule has 0 aliphatic heterocycles. The van der Waals surface area contributed by atoms with Gasteiger partial charge in [0, 0.05) is 0 Å². The number of phosphoric acid groups is 1. The molecule has 10 heavy (non-hydrogen) atoms. The number of hydrogen-bond donors (Lipinski definition) is 3. The van der Waals surface area contributed by atoms with Gasteiger partial charge in [-0.2, -0.15) is 4.31 Å². The zero-order valence-corrected chi connectivity index (χ0v) is 7.00. The van der Waals surface area contributed by atoms with Gasteiger partial charge in [0.2, 0.25) is 0 Å². The lowest BCUT2D eigenvalue weighted by molar-refractivity contribution is 0.270. The van der Waals surface area contributed by atoms with E-state index < -0.39 is 23.3 Å². The smallest absolute Gasteiger partial charge is 0.316 e. The molecule has 7 nitrogen and oxygen atoms in total. The van der Waals surface area contributed by atoms with Gasteiger partial charge in [-0.15, -0.1) is 0 Å². The lowest BCUT2D eigenvalue weighted by atomic mass is 15.7. The summed E-state index contributed by atoms with van der Waals surface area (Å²) in [4.78, 5) is 24.0. The molecule has 0 saturated heterocycles. The number of rotatable bonds is 3. The molecule has 10 heteroatoms. The van der Waals surface area contributed by atoms with Crippen molar-refractivity contribution in [1.82, 2.24) is 0 Å². The van der Waals surface area contributed by atoms with Crippen LogP contribution in [0.25, 0.3) is 0 Å². The molecule has 0 radical (unpaired) electrons. The molecule has 0 aromatic rings. The summed E-state index contributed by atoms with van der Waals surface area (Å²) in [5.74, 6) is 0. The maximum atomic E-state index is 10.1. The van der Waals surface area contributed by atoms with Crippen LogP contribution in [0.4, 0.5) is 0 Å². The standard InChI is InChI=1S/H3O7P3/c1-8-10(5,6)7-9(2,3)4/h(H,5,6)(H2,2,3,4). The summed E-state index contributed by atoms with van der Waals surface area (Å²) in [6.07, 6.45) is 0. The largest absolute Gasteiger partial charge is 0.477 e. The Hall–Kier alpha value is 0.400. The molecular weight excluding hydrogens is 205 g/mol. The van der Waals surface area contributed by atoms with Crippen LogP contribution >= 0.6 is 23.3 Å². The van der Waals surface area contributed by atoms with Gasteiger partial charge in [-0.3, -0.25) is 4.57 Å². The lowest BCUT2D eigenvalue weighted by Crippen LogP contribution is -1.80. The molecule has 0 aliphatic rings. The molecule has 0 aliphatic carbocycles. The molecule has 60 valence electrons. The normalized spacial score (nSPS) is 18.7. The van der Waals surface area contributed by atoms with E-state index in [1.807, 2.05) is 0 Å². The van der Waals surface area contributed by atoms with E-state index in [-0.39, 0.29) is 0 Å². The Morgan fingerprint density at radius 1 is 1.20 bits per heavy atom. The minimum atomic E-state index is -5.02. The highest BCUT2D eigenvalue weighted by atomic mass is 32.1. The maximum Gasteiger partial charge on any atom is 0.477 e. The van der Waals surface area contributed by atoms with E-state index in [2.05, 4.69) is 4.31 Å². The lowest BCUT2D eigenvalue weighted by Gasteiger charge is -2.03.